The van der Waals surface area contributed by atoms with E-state index in [4.69, 9.17) is 12.2 Å². The van der Waals surface area contributed by atoms with Crippen molar-refractivity contribution in [2.24, 2.45) is 10.2 Å². The fourth-order valence-electron chi connectivity index (χ4n) is 3.08. The second-order valence-electron chi connectivity index (χ2n) is 7.60. The Labute approximate surface area is 201 Å². The number of nitrogens with one attached hydrogen (secondary N) is 3. The topological polar surface area (TPSA) is 60.8 Å². The lowest BCUT2D eigenvalue weighted by molar-refractivity contribution is -0.137. The van der Waals surface area contributed by atoms with Crippen LogP contribution in [0.25, 0.3) is 0 Å². The summed E-state index contributed by atoms with van der Waals surface area (Å²) in [5, 5.41) is 11.9. The van der Waals surface area contributed by atoms with Crippen LogP contribution in [0, 0.1) is 13.8 Å². The molecule has 0 saturated carbocycles. The van der Waals surface area contributed by atoms with E-state index in [1.54, 1.807) is 13.1 Å². The molecule has 0 aromatic heterocycles. The van der Waals surface area contributed by atoms with Gasteiger partial charge in [0.15, 0.2) is 5.11 Å². The quantitative estimate of drug-likeness (QED) is 0.213. The smallest absolute Gasteiger partial charge is 0.331 e. The lowest BCUT2D eigenvalue weighted by atomic mass is 10.1. The minimum Gasteiger partial charge on any atom is -0.331 e. The molecular formula is C25H24F3N5S. The Morgan fingerprint density at radius 2 is 1.53 bits per heavy atom. The molecule has 0 unspecified atom stereocenters. The minimum atomic E-state index is -4.36. The van der Waals surface area contributed by atoms with Crippen molar-refractivity contribution in [2.45, 2.75) is 26.9 Å². The molecule has 0 atom stereocenters. The molecule has 0 fully saturated rings. The Morgan fingerprint density at radius 3 is 2.12 bits per heavy atom. The first-order valence-corrected chi connectivity index (χ1v) is 10.8. The van der Waals surface area contributed by atoms with Crippen LogP contribution < -0.4 is 16.2 Å². The molecule has 0 aliphatic rings. The summed E-state index contributed by atoms with van der Waals surface area (Å²) in [6, 6.07) is 18.2. The van der Waals surface area contributed by atoms with Crippen molar-refractivity contribution in [3.8, 4) is 0 Å². The van der Waals surface area contributed by atoms with E-state index in [9.17, 15) is 13.2 Å². The number of hydrazone groups is 2. The molecule has 0 saturated heterocycles. The standard InChI is InChI=1S/C25H24F3N5S/c1-16-5-4-6-17(2)23(16)30-24(34)33-29-15-19-7-13-22(14-8-19)32-31-18(3)20-9-11-21(12-10-20)25(26,27)28/h4-15,32H,1-3H3,(H2,30,33,34)/b29-15+,31-18+. The molecule has 3 aromatic carbocycles. The number of benzene rings is 3. The van der Waals surface area contributed by atoms with Gasteiger partial charge >= 0.3 is 6.18 Å². The molecule has 176 valence electrons. The average molecular weight is 484 g/mol. The van der Waals surface area contributed by atoms with E-state index in [2.05, 4.69) is 26.4 Å². The molecule has 3 N–H and O–H groups in total. The lowest BCUT2D eigenvalue weighted by Gasteiger charge is -2.12. The summed E-state index contributed by atoms with van der Waals surface area (Å²) in [5.74, 6) is 0. The van der Waals surface area contributed by atoms with Crippen molar-refractivity contribution in [3.05, 3.63) is 94.5 Å². The maximum atomic E-state index is 12.7. The number of aryl methyl sites for hydroxylation is 2. The van der Waals surface area contributed by atoms with Gasteiger partial charge in [-0.05, 0) is 79.5 Å². The second-order valence-corrected chi connectivity index (χ2v) is 8.01. The number of thiocarbonyl (C=S) groups is 1. The Hall–Kier alpha value is -3.72. The highest BCUT2D eigenvalue weighted by Gasteiger charge is 2.29. The monoisotopic (exact) mass is 483 g/mol. The number of hydrogen-bond donors (Lipinski definition) is 3. The third kappa shape index (κ3) is 6.89. The fraction of sp³-hybridized carbons (Fsp3) is 0.160. The first-order chi connectivity index (χ1) is 16.1. The number of nitrogens with zero attached hydrogens (tertiary/aromatic N) is 2. The summed E-state index contributed by atoms with van der Waals surface area (Å²) in [4.78, 5) is 0. The second kappa shape index (κ2) is 10.9. The van der Waals surface area contributed by atoms with Gasteiger partial charge in [0.2, 0.25) is 0 Å². The largest absolute Gasteiger partial charge is 0.416 e. The summed E-state index contributed by atoms with van der Waals surface area (Å²) in [5.41, 5.74) is 10.9. The third-order valence-electron chi connectivity index (χ3n) is 4.99. The Balaban J connectivity index is 1.53. The van der Waals surface area contributed by atoms with Crippen LogP contribution in [-0.4, -0.2) is 17.0 Å². The van der Waals surface area contributed by atoms with Crippen LogP contribution in [0.5, 0.6) is 0 Å². The van der Waals surface area contributed by atoms with Gasteiger partial charge in [0.25, 0.3) is 0 Å². The normalized spacial score (nSPS) is 12.0. The van der Waals surface area contributed by atoms with Crippen LogP contribution in [-0.2, 0) is 6.18 Å². The summed E-state index contributed by atoms with van der Waals surface area (Å²) in [6.07, 6.45) is -2.72. The minimum absolute atomic E-state index is 0.389. The highest BCUT2D eigenvalue weighted by atomic mass is 32.1. The molecule has 0 radical (unpaired) electrons. The van der Waals surface area contributed by atoms with Crippen LogP contribution in [0.3, 0.4) is 0 Å². The van der Waals surface area contributed by atoms with Gasteiger partial charge in [-0.1, -0.05) is 42.5 Å². The molecule has 0 aliphatic carbocycles. The first-order valence-electron chi connectivity index (χ1n) is 10.4. The maximum absolute atomic E-state index is 12.7. The zero-order chi connectivity index (χ0) is 24.7. The molecule has 0 aliphatic heterocycles. The molecule has 5 nitrogen and oxygen atoms in total. The van der Waals surface area contributed by atoms with E-state index < -0.39 is 11.7 Å². The molecule has 3 rings (SSSR count). The van der Waals surface area contributed by atoms with E-state index in [1.165, 1.54) is 12.1 Å². The fourth-order valence-corrected chi connectivity index (χ4v) is 3.23. The summed E-state index contributed by atoms with van der Waals surface area (Å²) in [7, 11) is 0. The zero-order valence-electron chi connectivity index (χ0n) is 18.9. The predicted molar refractivity (Wildman–Crippen MR) is 137 cm³/mol. The van der Waals surface area contributed by atoms with E-state index in [0.717, 1.165) is 40.2 Å². The number of para-hydroxylation sites is 1. The Bertz CT molecular complexity index is 1180. The van der Waals surface area contributed by atoms with Crippen LogP contribution >= 0.6 is 12.2 Å². The summed E-state index contributed by atoms with van der Waals surface area (Å²) < 4.78 is 38.1. The molecule has 0 spiro atoms. The lowest BCUT2D eigenvalue weighted by Crippen LogP contribution is -2.24. The maximum Gasteiger partial charge on any atom is 0.416 e. The highest BCUT2D eigenvalue weighted by molar-refractivity contribution is 7.80. The van der Waals surface area contributed by atoms with Crippen molar-refractivity contribution in [1.82, 2.24) is 5.43 Å². The highest BCUT2D eigenvalue weighted by Crippen LogP contribution is 2.29. The summed E-state index contributed by atoms with van der Waals surface area (Å²) in [6.45, 7) is 5.73. The molecular weight excluding hydrogens is 459 g/mol. The van der Waals surface area contributed by atoms with E-state index in [1.807, 2.05) is 56.3 Å². The number of alkyl halides is 3. The number of anilines is 2. The van der Waals surface area contributed by atoms with Gasteiger partial charge in [0.1, 0.15) is 0 Å². The van der Waals surface area contributed by atoms with Crippen LogP contribution in [0.4, 0.5) is 24.5 Å². The van der Waals surface area contributed by atoms with E-state index >= 15 is 0 Å². The van der Waals surface area contributed by atoms with Gasteiger partial charge in [0.05, 0.1) is 23.2 Å². The number of hydrogen-bond acceptors (Lipinski definition) is 4. The molecule has 0 heterocycles. The number of halogens is 3. The first kappa shape index (κ1) is 24.9. The van der Waals surface area contributed by atoms with Crippen molar-refractivity contribution in [2.75, 3.05) is 10.7 Å². The van der Waals surface area contributed by atoms with Gasteiger partial charge in [-0.15, -0.1) is 0 Å². The Morgan fingerprint density at radius 1 is 0.912 bits per heavy atom. The van der Waals surface area contributed by atoms with E-state index in [0.29, 0.717) is 16.4 Å². The van der Waals surface area contributed by atoms with Gasteiger partial charge < -0.3 is 5.32 Å². The van der Waals surface area contributed by atoms with Crippen LogP contribution in [0.15, 0.2) is 76.9 Å². The van der Waals surface area contributed by atoms with Crippen molar-refractivity contribution in [3.63, 3.8) is 0 Å². The zero-order valence-corrected chi connectivity index (χ0v) is 19.7. The Kier molecular flexibility index (Phi) is 8.01. The van der Waals surface area contributed by atoms with Crippen molar-refractivity contribution in [1.29, 1.82) is 0 Å². The third-order valence-corrected chi connectivity index (χ3v) is 5.19. The molecule has 0 amide bonds. The van der Waals surface area contributed by atoms with Crippen LogP contribution in [0.1, 0.15) is 34.7 Å². The molecule has 0 bridgehead atoms. The van der Waals surface area contributed by atoms with Gasteiger partial charge in [-0.2, -0.15) is 23.4 Å². The summed E-state index contributed by atoms with van der Waals surface area (Å²) >= 11 is 5.30. The van der Waals surface area contributed by atoms with Gasteiger partial charge in [0, 0.05) is 5.69 Å². The van der Waals surface area contributed by atoms with Crippen molar-refractivity contribution >= 4 is 40.6 Å². The molecule has 34 heavy (non-hydrogen) atoms. The van der Waals surface area contributed by atoms with Gasteiger partial charge in [-0.3, -0.25) is 10.9 Å². The van der Waals surface area contributed by atoms with Crippen molar-refractivity contribution < 1.29 is 13.2 Å². The molecule has 9 heteroatoms. The molecule has 3 aromatic rings. The predicted octanol–water partition coefficient (Wildman–Crippen LogP) is 6.48. The van der Waals surface area contributed by atoms with E-state index in [-0.39, 0.29) is 0 Å². The van der Waals surface area contributed by atoms with Crippen LogP contribution in [0.2, 0.25) is 0 Å². The van der Waals surface area contributed by atoms with Gasteiger partial charge in [-0.25, -0.2) is 0 Å². The average Bonchev–Trinajstić information content (AvgIpc) is 2.80. The SMILES string of the molecule is C/C(=N\Nc1ccc(/C=N/NC(=S)Nc2c(C)cccc2C)cc1)c1ccc(C(F)(F)F)cc1. The number of rotatable bonds is 6.